The highest BCUT2D eigenvalue weighted by molar-refractivity contribution is 5.61. The highest BCUT2D eigenvalue weighted by Crippen LogP contribution is 2.31. The van der Waals surface area contributed by atoms with E-state index < -0.39 is 0 Å². The van der Waals surface area contributed by atoms with Gasteiger partial charge in [-0.2, -0.15) is 0 Å². The van der Waals surface area contributed by atoms with Crippen LogP contribution in [0.4, 0.5) is 5.69 Å². The zero-order valence-electron chi connectivity index (χ0n) is 8.25. The molecule has 0 spiro atoms. The first-order chi connectivity index (χ1) is 6.24. The number of aryl methyl sites for hydroxylation is 1. The fraction of sp³-hybridized carbons (Fsp3) is 0.455. The van der Waals surface area contributed by atoms with Crippen molar-refractivity contribution in [1.29, 1.82) is 0 Å². The maximum absolute atomic E-state index is 5.61. The topological polar surface area (TPSA) is 29.0 Å². The lowest BCUT2D eigenvalue weighted by Crippen LogP contribution is -2.12. The molecule has 13 heavy (non-hydrogen) atoms. The zero-order chi connectivity index (χ0) is 9.42. The molecule has 2 nitrogen and oxygen atoms in total. The molecule has 1 atom stereocenters. The maximum Gasteiger partial charge on any atom is 0.0588 e. The Hall–Kier alpha value is -1.02. The van der Waals surface area contributed by atoms with Gasteiger partial charge in [-0.25, -0.2) is 0 Å². The van der Waals surface area contributed by atoms with E-state index in [4.69, 9.17) is 5.73 Å². The number of nitrogens with zero attached hydrogens (tertiary/aromatic N) is 1. The Morgan fingerprint density at radius 3 is 2.85 bits per heavy atom. The summed E-state index contributed by atoms with van der Waals surface area (Å²) < 4.78 is 0. The molecule has 1 aromatic rings. The van der Waals surface area contributed by atoms with E-state index >= 15 is 0 Å². The van der Waals surface area contributed by atoms with Crippen LogP contribution in [0.2, 0.25) is 0 Å². The molecular formula is C11H16N2. The molecule has 0 amide bonds. The van der Waals surface area contributed by atoms with E-state index in [0.29, 0.717) is 6.04 Å². The summed E-state index contributed by atoms with van der Waals surface area (Å²) >= 11 is 0. The number of rotatable bonds is 2. The molecule has 2 N–H and O–H groups in total. The number of hydrogen-bond donors (Lipinski definition) is 1. The van der Waals surface area contributed by atoms with E-state index in [2.05, 4.69) is 36.9 Å². The zero-order valence-corrected chi connectivity index (χ0v) is 8.25. The van der Waals surface area contributed by atoms with Crippen molar-refractivity contribution in [2.75, 3.05) is 18.0 Å². The van der Waals surface area contributed by atoms with Gasteiger partial charge in [-0.05, 0) is 31.0 Å². The fourth-order valence-corrected chi connectivity index (χ4v) is 1.72. The van der Waals surface area contributed by atoms with E-state index in [1.165, 1.54) is 16.8 Å². The minimum atomic E-state index is 0.584. The lowest BCUT2D eigenvalue weighted by atomic mass is 10.1. The molecule has 2 rings (SSSR count). The van der Waals surface area contributed by atoms with Crippen molar-refractivity contribution in [3.8, 4) is 0 Å². The van der Waals surface area contributed by atoms with E-state index in [-0.39, 0.29) is 0 Å². The second-order valence-corrected chi connectivity index (χ2v) is 3.76. The number of benzene rings is 1. The summed E-state index contributed by atoms with van der Waals surface area (Å²) in [5.74, 6) is 0. The normalized spacial score (nSPS) is 20.5. The molecule has 0 saturated carbocycles. The Morgan fingerprint density at radius 2 is 2.23 bits per heavy atom. The molecule has 0 aromatic heterocycles. The molecule has 2 heteroatoms. The summed E-state index contributed by atoms with van der Waals surface area (Å²) in [4.78, 5) is 2.36. The van der Waals surface area contributed by atoms with Gasteiger partial charge in [0, 0.05) is 18.8 Å². The standard InChI is InChI=1S/C11H16N2/c1-8-4-3-5-11(9(8)2)13-7-10(13)6-12/h3-5,10H,6-7,12H2,1-2H3. The highest BCUT2D eigenvalue weighted by Gasteiger charge is 2.33. The van der Waals surface area contributed by atoms with E-state index in [0.717, 1.165) is 13.1 Å². The largest absolute Gasteiger partial charge is 0.363 e. The Morgan fingerprint density at radius 1 is 1.46 bits per heavy atom. The summed E-state index contributed by atoms with van der Waals surface area (Å²) in [6, 6.07) is 7.03. The van der Waals surface area contributed by atoms with Crippen LogP contribution < -0.4 is 10.6 Å². The predicted molar refractivity (Wildman–Crippen MR) is 56.1 cm³/mol. The van der Waals surface area contributed by atoms with Crippen LogP contribution in [0.15, 0.2) is 18.2 Å². The Bertz CT molecular complexity index is 320. The smallest absolute Gasteiger partial charge is 0.0588 e. The lowest BCUT2D eigenvalue weighted by Gasteiger charge is -2.10. The van der Waals surface area contributed by atoms with Crippen LogP contribution in [0.25, 0.3) is 0 Å². The van der Waals surface area contributed by atoms with Crippen LogP contribution in [0.5, 0.6) is 0 Å². The Kier molecular flexibility index (Phi) is 2.00. The summed E-state index contributed by atoms with van der Waals surface area (Å²) in [6.45, 7) is 6.23. The Labute approximate surface area is 79.4 Å². The van der Waals surface area contributed by atoms with Gasteiger partial charge >= 0.3 is 0 Å². The van der Waals surface area contributed by atoms with Gasteiger partial charge < -0.3 is 10.6 Å². The number of hydrogen-bond acceptors (Lipinski definition) is 2. The van der Waals surface area contributed by atoms with E-state index in [9.17, 15) is 0 Å². The molecular weight excluding hydrogens is 160 g/mol. The molecule has 0 radical (unpaired) electrons. The molecule has 1 saturated heterocycles. The van der Waals surface area contributed by atoms with E-state index in [1.54, 1.807) is 0 Å². The monoisotopic (exact) mass is 176 g/mol. The van der Waals surface area contributed by atoms with Gasteiger partial charge in [0.15, 0.2) is 0 Å². The van der Waals surface area contributed by atoms with Crippen LogP contribution in [0.1, 0.15) is 11.1 Å². The minimum absolute atomic E-state index is 0.584. The first kappa shape index (κ1) is 8.57. The van der Waals surface area contributed by atoms with Crippen LogP contribution >= 0.6 is 0 Å². The van der Waals surface area contributed by atoms with E-state index in [1.807, 2.05) is 0 Å². The molecule has 1 heterocycles. The summed E-state index contributed by atoms with van der Waals surface area (Å²) in [5, 5.41) is 0. The van der Waals surface area contributed by atoms with Crippen molar-refractivity contribution in [1.82, 2.24) is 0 Å². The summed E-state index contributed by atoms with van der Waals surface area (Å²) in [7, 11) is 0. The lowest BCUT2D eigenvalue weighted by molar-refractivity contribution is 0.965. The van der Waals surface area contributed by atoms with Crippen molar-refractivity contribution in [2.24, 2.45) is 5.73 Å². The SMILES string of the molecule is Cc1cccc(N2CC2CN)c1C. The van der Waals surface area contributed by atoms with Crippen molar-refractivity contribution < 1.29 is 0 Å². The molecule has 1 unspecified atom stereocenters. The predicted octanol–water partition coefficient (Wildman–Crippen LogP) is 1.45. The van der Waals surface area contributed by atoms with Gasteiger partial charge in [0.25, 0.3) is 0 Å². The fourth-order valence-electron chi connectivity index (χ4n) is 1.72. The molecule has 1 aromatic carbocycles. The maximum atomic E-state index is 5.61. The second-order valence-electron chi connectivity index (χ2n) is 3.76. The van der Waals surface area contributed by atoms with Crippen molar-refractivity contribution >= 4 is 5.69 Å². The quantitative estimate of drug-likeness (QED) is 0.691. The van der Waals surface area contributed by atoms with Crippen LogP contribution in [0, 0.1) is 13.8 Å². The summed E-state index contributed by atoms with van der Waals surface area (Å²) in [6.07, 6.45) is 0. The van der Waals surface area contributed by atoms with Crippen LogP contribution in [-0.4, -0.2) is 19.1 Å². The van der Waals surface area contributed by atoms with Crippen LogP contribution in [0.3, 0.4) is 0 Å². The van der Waals surface area contributed by atoms with Gasteiger partial charge in [0.2, 0.25) is 0 Å². The average molecular weight is 176 g/mol. The van der Waals surface area contributed by atoms with Crippen molar-refractivity contribution in [3.05, 3.63) is 29.3 Å². The molecule has 1 aliphatic rings. The second kappa shape index (κ2) is 3.04. The first-order valence-corrected chi connectivity index (χ1v) is 4.77. The molecule has 0 aliphatic carbocycles. The molecule has 0 bridgehead atoms. The van der Waals surface area contributed by atoms with Gasteiger partial charge in [-0.15, -0.1) is 0 Å². The third-order valence-electron chi connectivity index (χ3n) is 2.87. The minimum Gasteiger partial charge on any atom is -0.363 e. The summed E-state index contributed by atoms with van der Waals surface area (Å²) in [5.41, 5.74) is 9.71. The highest BCUT2D eigenvalue weighted by atomic mass is 15.3. The molecule has 1 aliphatic heterocycles. The average Bonchev–Trinajstić information content (AvgIpc) is 2.89. The van der Waals surface area contributed by atoms with Crippen molar-refractivity contribution in [3.63, 3.8) is 0 Å². The van der Waals surface area contributed by atoms with Gasteiger partial charge in [0.05, 0.1) is 6.04 Å². The van der Waals surface area contributed by atoms with Crippen molar-refractivity contribution in [2.45, 2.75) is 19.9 Å². The van der Waals surface area contributed by atoms with Gasteiger partial charge in [0.1, 0.15) is 0 Å². The third kappa shape index (κ3) is 1.42. The molecule has 70 valence electrons. The van der Waals surface area contributed by atoms with Crippen LogP contribution in [-0.2, 0) is 0 Å². The number of nitrogens with two attached hydrogens (primary N) is 1. The number of anilines is 1. The third-order valence-corrected chi connectivity index (χ3v) is 2.87. The Balaban J connectivity index is 2.27. The van der Waals surface area contributed by atoms with Gasteiger partial charge in [-0.3, -0.25) is 0 Å². The molecule has 1 fully saturated rings. The van der Waals surface area contributed by atoms with Gasteiger partial charge in [-0.1, -0.05) is 12.1 Å². The first-order valence-electron chi connectivity index (χ1n) is 4.77.